The normalized spacial score (nSPS) is 14.0. The van der Waals surface area contributed by atoms with Crippen molar-refractivity contribution in [3.8, 4) is 11.5 Å². The quantitative estimate of drug-likeness (QED) is 0.517. The van der Waals surface area contributed by atoms with Crippen molar-refractivity contribution in [1.29, 1.82) is 0 Å². The molecule has 2 N–H and O–H groups in total. The average molecular weight is 411 g/mol. The molecule has 7 nitrogen and oxygen atoms in total. The molecule has 0 aromatic heterocycles. The SMILES string of the molecule is CCOc1ccc(CNC(=NC)NCc2ccc(N3CCCC3=O)cc2)cc1OC. The van der Waals surface area contributed by atoms with Crippen molar-refractivity contribution in [1.82, 2.24) is 10.6 Å². The van der Waals surface area contributed by atoms with Crippen LogP contribution in [0.4, 0.5) is 5.69 Å². The van der Waals surface area contributed by atoms with Crippen molar-refractivity contribution >= 4 is 17.6 Å². The lowest BCUT2D eigenvalue weighted by atomic mass is 10.2. The van der Waals surface area contributed by atoms with Crippen LogP contribution in [0, 0.1) is 0 Å². The second kappa shape index (κ2) is 10.5. The molecule has 1 amide bonds. The number of benzene rings is 2. The minimum atomic E-state index is 0.205. The van der Waals surface area contributed by atoms with Gasteiger partial charge in [-0.05, 0) is 48.7 Å². The first-order chi connectivity index (χ1) is 14.6. The maximum atomic E-state index is 11.9. The summed E-state index contributed by atoms with van der Waals surface area (Å²) in [5, 5.41) is 6.63. The number of nitrogens with zero attached hydrogens (tertiary/aromatic N) is 2. The minimum Gasteiger partial charge on any atom is -0.493 e. The second-order valence-electron chi connectivity index (χ2n) is 7.01. The van der Waals surface area contributed by atoms with Crippen LogP contribution >= 0.6 is 0 Å². The van der Waals surface area contributed by atoms with Crippen LogP contribution in [-0.2, 0) is 17.9 Å². The number of methoxy groups -OCH3 is 1. The van der Waals surface area contributed by atoms with E-state index in [1.54, 1.807) is 14.2 Å². The molecule has 160 valence electrons. The maximum Gasteiger partial charge on any atom is 0.227 e. The first-order valence-electron chi connectivity index (χ1n) is 10.3. The van der Waals surface area contributed by atoms with Gasteiger partial charge in [0.1, 0.15) is 0 Å². The fraction of sp³-hybridized carbons (Fsp3) is 0.391. The highest BCUT2D eigenvalue weighted by Crippen LogP contribution is 2.28. The van der Waals surface area contributed by atoms with Crippen molar-refractivity contribution in [3.05, 3.63) is 53.6 Å². The zero-order valence-electron chi connectivity index (χ0n) is 17.9. The van der Waals surface area contributed by atoms with Crippen LogP contribution in [0.3, 0.4) is 0 Å². The number of anilines is 1. The predicted molar refractivity (Wildman–Crippen MR) is 119 cm³/mol. The maximum absolute atomic E-state index is 11.9. The van der Waals surface area contributed by atoms with Crippen LogP contribution in [-0.4, -0.2) is 39.2 Å². The summed E-state index contributed by atoms with van der Waals surface area (Å²) in [6.07, 6.45) is 1.58. The van der Waals surface area contributed by atoms with Crippen molar-refractivity contribution in [3.63, 3.8) is 0 Å². The lowest BCUT2D eigenvalue weighted by Crippen LogP contribution is -2.36. The Morgan fingerprint density at radius 1 is 1.07 bits per heavy atom. The molecule has 2 aromatic rings. The number of amides is 1. The first-order valence-corrected chi connectivity index (χ1v) is 10.3. The fourth-order valence-electron chi connectivity index (χ4n) is 3.40. The van der Waals surface area contributed by atoms with Crippen molar-refractivity contribution < 1.29 is 14.3 Å². The van der Waals surface area contributed by atoms with E-state index in [1.807, 2.05) is 54.3 Å². The van der Waals surface area contributed by atoms with E-state index < -0.39 is 0 Å². The van der Waals surface area contributed by atoms with Crippen LogP contribution < -0.4 is 25.0 Å². The standard InChI is InChI=1S/C23H30N4O3/c1-4-30-20-12-9-18(14-21(20)29-3)16-26-23(24-2)25-15-17-7-10-19(11-8-17)27-13-5-6-22(27)28/h7-12,14H,4-6,13,15-16H2,1-3H3,(H2,24,25,26). The Hall–Kier alpha value is -3.22. The highest BCUT2D eigenvalue weighted by Gasteiger charge is 2.21. The highest BCUT2D eigenvalue weighted by atomic mass is 16.5. The van der Waals surface area contributed by atoms with Gasteiger partial charge in [-0.2, -0.15) is 0 Å². The number of carbonyl (C=O) groups excluding carboxylic acids is 1. The van der Waals surface area contributed by atoms with Gasteiger partial charge in [0.15, 0.2) is 17.5 Å². The van der Waals surface area contributed by atoms with E-state index in [1.165, 1.54) is 0 Å². The summed E-state index contributed by atoms with van der Waals surface area (Å²) >= 11 is 0. The third kappa shape index (κ3) is 5.43. The molecule has 0 radical (unpaired) electrons. The molecular weight excluding hydrogens is 380 g/mol. The van der Waals surface area contributed by atoms with E-state index in [2.05, 4.69) is 15.6 Å². The van der Waals surface area contributed by atoms with Gasteiger partial charge in [-0.3, -0.25) is 9.79 Å². The minimum absolute atomic E-state index is 0.205. The topological polar surface area (TPSA) is 75.2 Å². The fourth-order valence-corrected chi connectivity index (χ4v) is 3.40. The van der Waals surface area contributed by atoms with Gasteiger partial charge in [-0.25, -0.2) is 0 Å². The predicted octanol–water partition coefficient (Wildman–Crippen LogP) is 3.09. The number of carbonyl (C=O) groups is 1. The molecule has 7 heteroatoms. The summed E-state index contributed by atoms with van der Waals surface area (Å²) in [6, 6.07) is 14.0. The van der Waals surface area contributed by atoms with E-state index in [4.69, 9.17) is 9.47 Å². The van der Waals surface area contributed by atoms with Crippen molar-refractivity contribution in [2.75, 3.05) is 32.2 Å². The van der Waals surface area contributed by atoms with Crippen LogP contribution in [0.5, 0.6) is 11.5 Å². The van der Waals surface area contributed by atoms with Gasteiger partial charge in [0.05, 0.1) is 13.7 Å². The highest BCUT2D eigenvalue weighted by molar-refractivity contribution is 5.95. The smallest absolute Gasteiger partial charge is 0.227 e. The van der Waals surface area contributed by atoms with Gasteiger partial charge in [0, 0.05) is 38.8 Å². The summed E-state index contributed by atoms with van der Waals surface area (Å²) in [7, 11) is 3.39. The summed E-state index contributed by atoms with van der Waals surface area (Å²) in [5.41, 5.74) is 3.15. The van der Waals surface area contributed by atoms with Crippen LogP contribution in [0.15, 0.2) is 47.5 Å². The molecule has 2 aromatic carbocycles. The first kappa shape index (κ1) is 21.5. The Bertz CT molecular complexity index is 881. The van der Waals surface area contributed by atoms with Crippen molar-refractivity contribution in [2.45, 2.75) is 32.9 Å². The number of ether oxygens (including phenoxy) is 2. The molecule has 0 unspecified atom stereocenters. The molecule has 1 fully saturated rings. The van der Waals surface area contributed by atoms with Gasteiger partial charge in [0.25, 0.3) is 0 Å². The molecule has 0 aliphatic carbocycles. The number of hydrogen-bond donors (Lipinski definition) is 2. The molecule has 30 heavy (non-hydrogen) atoms. The molecule has 0 saturated carbocycles. The largest absolute Gasteiger partial charge is 0.493 e. The number of hydrogen-bond acceptors (Lipinski definition) is 4. The van der Waals surface area contributed by atoms with E-state index in [-0.39, 0.29) is 5.91 Å². The number of guanidine groups is 1. The van der Waals surface area contributed by atoms with Gasteiger partial charge in [-0.1, -0.05) is 18.2 Å². The summed E-state index contributed by atoms with van der Waals surface area (Å²) in [4.78, 5) is 18.0. The van der Waals surface area contributed by atoms with Gasteiger partial charge < -0.3 is 25.0 Å². The monoisotopic (exact) mass is 410 g/mol. The average Bonchev–Trinajstić information content (AvgIpc) is 3.21. The molecule has 1 aliphatic rings. The zero-order chi connectivity index (χ0) is 21.3. The summed E-state index contributed by atoms with van der Waals surface area (Å²) < 4.78 is 11.0. The molecule has 0 bridgehead atoms. The third-order valence-electron chi connectivity index (χ3n) is 4.99. The Kier molecular flexibility index (Phi) is 7.54. The van der Waals surface area contributed by atoms with Crippen molar-refractivity contribution in [2.24, 2.45) is 4.99 Å². The molecule has 3 rings (SSSR count). The third-order valence-corrected chi connectivity index (χ3v) is 4.99. The Morgan fingerprint density at radius 2 is 1.77 bits per heavy atom. The molecule has 1 aliphatic heterocycles. The molecule has 0 atom stereocenters. The lowest BCUT2D eigenvalue weighted by Gasteiger charge is -2.16. The Balaban J connectivity index is 1.52. The number of nitrogens with one attached hydrogen (secondary N) is 2. The number of rotatable bonds is 8. The van der Waals surface area contributed by atoms with E-state index in [9.17, 15) is 4.79 Å². The van der Waals surface area contributed by atoms with Crippen LogP contribution in [0.1, 0.15) is 30.9 Å². The summed E-state index contributed by atoms with van der Waals surface area (Å²) in [5.74, 6) is 2.37. The van der Waals surface area contributed by atoms with Crippen LogP contribution in [0.25, 0.3) is 0 Å². The Labute approximate surface area is 178 Å². The number of aliphatic imine (C=N–C) groups is 1. The second-order valence-corrected chi connectivity index (χ2v) is 7.01. The zero-order valence-corrected chi connectivity index (χ0v) is 17.9. The van der Waals surface area contributed by atoms with Gasteiger partial charge in [0.2, 0.25) is 5.91 Å². The molecular formula is C23H30N4O3. The van der Waals surface area contributed by atoms with E-state index >= 15 is 0 Å². The molecule has 1 saturated heterocycles. The molecule has 1 heterocycles. The van der Waals surface area contributed by atoms with Gasteiger partial charge in [-0.15, -0.1) is 0 Å². The van der Waals surface area contributed by atoms with E-state index in [0.717, 1.165) is 41.3 Å². The lowest BCUT2D eigenvalue weighted by molar-refractivity contribution is -0.117. The Morgan fingerprint density at radius 3 is 2.37 bits per heavy atom. The van der Waals surface area contributed by atoms with E-state index in [0.29, 0.717) is 32.1 Å². The molecule has 0 spiro atoms. The van der Waals surface area contributed by atoms with Crippen LogP contribution in [0.2, 0.25) is 0 Å². The van der Waals surface area contributed by atoms with Gasteiger partial charge >= 0.3 is 0 Å². The summed E-state index contributed by atoms with van der Waals surface area (Å²) in [6.45, 7) is 4.60.